The second-order valence-electron chi connectivity index (χ2n) is 19.0. The summed E-state index contributed by atoms with van der Waals surface area (Å²) in [6.45, 7) is 6.22. The molecule has 2 fully saturated rings. The molecule has 2 unspecified atom stereocenters. The number of anilines is 2. The summed E-state index contributed by atoms with van der Waals surface area (Å²) in [5.41, 5.74) is 2.73. The number of phosphoric ester groups is 1. The quantitative estimate of drug-likeness (QED) is 0.0446. The zero-order chi connectivity index (χ0) is 53.9. The van der Waals surface area contributed by atoms with Crippen LogP contribution in [-0.4, -0.2) is 110 Å². The Morgan fingerprint density at radius 1 is 0.805 bits per heavy atom. The molecule has 2 saturated heterocycles. The Kier molecular flexibility index (Phi) is 17.7. The van der Waals surface area contributed by atoms with Crippen LogP contribution in [0.4, 0.5) is 20.2 Å². The molecule has 6 atom stereocenters. The van der Waals surface area contributed by atoms with Crippen molar-refractivity contribution in [3.05, 3.63) is 185 Å². The maximum Gasteiger partial charge on any atom is 0.475 e. The Bertz CT molecular complexity index is 3070. The van der Waals surface area contributed by atoms with Crippen molar-refractivity contribution in [1.82, 2.24) is 29.1 Å². The zero-order valence-corrected chi connectivity index (χ0v) is 43.5. The van der Waals surface area contributed by atoms with E-state index in [2.05, 4.69) is 25.0 Å². The van der Waals surface area contributed by atoms with Gasteiger partial charge in [-0.2, -0.15) is 10.2 Å². The fraction of sp³-hybridized carbons (Fsp3) is 0.364. The molecule has 0 spiro atoms. The first kappa shape index (κ1) is 54.7. The van der Waals surface area contributed by atoms with Crippen LogP contribution < -0.4 is 20.2 Å². The summed E-state index contributed by atoms with van der Waals surface area (Å²) >= 11 is 0. The van der Waals surface area contributed by atoms with E-state index in [9.17, 15) is 28.8 Å². The fourth-order valence-electron chi connectivity index (χ4n) is 9.54. The van der Waals surface area contributed by atoms with Crippen molar-refractivity contribution in [1.29, 1.82) is 0 Å². The Hall–Kier alpha value is -7.10. The van der Waals surface area contributed by atoms with Gasteiger partial charge in [-0.05, 0) is 85.5 Å². The molecule has 2 aliphatic rings. The SMILES string of the molecule is CC[C@@H]([C@H](C)OC(=O)C(O)C(O)COP(=O)(OCc1ccccc1)OCc1ccccc1)n1ncn(-c2ccc(N3CCN(c4ccc(OC[C@@H]5CO[C@@](Cn6cncn6)(c6ccc(F)cc6F)C5)cc4)CC3)cc2)c1=O. The maximum absolute atomic E-state index is 15.1. The molecule has 0 saturated carbocycles. The molecule has 0 radical (unpaired) electrons. The number of hydrogen-bond donors (Lipinski definition) is 2. The van der Waals surface area contributed by atoms with Crippen LogP contribution in [0.2, 0.25) is 0 Å². The third-order valence-corrected chi connectivity index (χ3v) is 15.1. The van der Waals surface area contributed by atoms with Crippen molar-refractivity contribution >= 4 is 25.2 Å². The molecule has 0 bridgehead atoms. The van der Waals surface area contributed by atoms with Gasteiger partial charge in [0, 0.05) is 55.1 Å². The number of carbonyl (C=O) groups is 1. The van der Waals surface area contributed by atoms with E-state index in [4.69, 9.17) is 27.8 Å². The largest absolute Gasteiger partial charge is 0.493 e. The summed E-state index contributed by atoms with van der Waals surface area (Å²) in [5.74, 6) is -1.89. The number of aromatic nitrogens is 6. The molecular formula is C55H61F2N8O11P. The van der Waals surface area contributed by atoms with E-state index in [1.165, 1.54) is 34.0 Å². The lowest BCUT2D eigenvalue weighted by molar-refractivity contribution is -0.168. The number of halogens is 2. The van der Waals surface area contributed by atoms with E-state index in [0.717, 1.165) is 43.6 Å². The lowest BCUT2D eigenvalue weighted by atomic mass is 9.87. The normalized spacial score (nSPS) is 18.4. The van der Waals surface area contributed by atoms with Crippen LogP contribution in [0.25, 0.3) is 5.69 Å². The summed E-state index contributed by atoms with van der Waals surface area (Å²) in [5, 5.41) is 30.1. The molecule has 0 amide bonds. The Morgan fingerprint density at radius 2 is 1.42 bits per heavy atom. The molecule has 0 aliphatic carbocycles. The number of aliphatic hydroxyl groups is 2. The van der Waals surface area contributed by atoms with Crippen LogP contribution in [0.3, 0.4) is 0 Å². The van der Waals surface area contributed by atoms with Gasteiger partial charge in [0.25, 0.3) is 0 Å². The number of ether oxygens (including phenoxy) is 3. The lowest BCUT2D eigenvalue weighted by Crippen LogP contribution is -2.46. The Morgan fingerprint density at radius 3 is 2.00 bits per heavy atom. The van der Waals surface area contributed by atoms with Crippen LogP contribution in [0.5, 0.6) is 5.75 Å². The van der Waals surface area contributed by atoms with Crippen LogP contribution in [0.1, 0.15) is 49.4 Å². The first-order valence-electron chi connectivity index (χ1n) is 25.4. The number of phosphoric acid groups is 1. The molecule has 4 heterocycles. The lowest BCUT2D eigenvalue weighted by Gasteiger charge is -2.37. The Balaban J connectivity index is 0.738. The number of piperazine rings is 1. The number of hydrogen-bond acceptors (Lipinski definition) is 16. The molecule has 19 nitrogen and oxygen atoms in total. The number of carbonyl (C=O) groups excluding carboxylic acids is 1. The maximum atomic E-state index is 15.1. The van der Waals surface area contributed by atoms with Gasteiger partial charge in [-0.15, -0.1) is 0 Å². The van der Waals surface area contributed by atoms with Crippen LogP contribution in [-0.2, 0) is 57.8 Å². The van der Waals surface area contributed by atoms with E-state index in [1.54, 1.807) is 73.4 Å². The zero-order valence-electron chi connectivity index (χ0n) is 42.6. The molecule has 9 rings (SSSR count). The summed E-state index contributed by atoms with van der Waals surface area (Å²) < 4.78 is 81.4. The minimum atomic E-state index is -4.33. The Labute approximate surface area is 443 Å². The molecular weight excluding hydrogens is 1020 g/mol. The molecule has 22 heteroatoms. The van der Waals surface area contributed by atoms with Crippen molar-refractivity contribution in [2.24, 2.45) is 5.92 Å². The summed E-state index contributed by atoms with van der Waals surface area (Å²) in [4.78, 5) is 35.5. The second kappa shape index (κ2) is 24.9. The predicted molar refractivity (Wildman–Crippen MR) is 279 cm³/mol. The molecule has 2 N–H and O–H groups in total. The van der Waals surface area contributed by atoms with Crippen molar-refractivity contribution in [3.63, 3.8) is 0 Å². The van der Waals surface area contributed by atoms with E-state index < -0.39 is 67.7 Å². The van der Waals surface area contributed by atoms with Gasteiger partial charge < -0.3 is 34.2 Å². The van der Waals surface area contributed by atoms with E-state index in [-0.39, 0.29) is 31.2 Å². The van der Waals surface area contributed by atoms with E-state index in [1.807, 2.05) is 60.7 Å². The van der Waals surface area contributed by atoms with Gasteiger partial charge in [0.15, 0.2) is 6.10 Å². The molecule has 5 aromatic carbocycles. The van der Waals surface area contributed by atoms with Crippen LogP contribution >= 0.6 is 7.82 Å². The third kappa shape index (κ3) is 13.5. The van der Waals surface area contributed by atoms with Gasteiger partial charge in [-0.25, -0.2) is 41.8 Å². The molecule has 2 aromatic heterocycles. The monoisotopic (exact) mass is 1080 g/mol. The summed E-state index contributed by atoms with van der Waals surface area (Å²) in [6.07, 6.45) is 0.150. The molecule has 7 aromatic rings. The van der Waals surface area contributed by atoms with Crippen LogP contribution in [0.15, 0.2) is 151 Å². The van der Waals surface area contributed by atoms with Crippen molar-refractivity contribution < 1.29 is 56.1 Å². The third-order valence-electron chi connectivity index (χ3n) is 13.7. The van der Waals surface area contributed by atoms with E-state index >= 15 is 4.39 Å². The molecule has 2 aliphatic heterocycles. The van der Waals surface area contributed by atoms with Crippen LogP contribution in [0, 0.1) is 17.6 Å². The number of benzene rings is 5. The highest BCUT2D eigenvalue weighted by atomic mass is 31.2. The van der Waals surface area contributed by atoms with Gasteiger partial charge in [0.05, 0.1) is 51.3 Å². The summed E-state index contributed by atoms with van der Waals surface area (Å²) in [7, 11) is -4.33. The number of rotatable bonds is 24. The van der Waals surface area contributed by atoms with Crippen molar-refractivity contribution in [3.8, 4) is 11.4 Å². The smallest absolute Gasteiger partial charge is 0.475 e. The van der Waals surface area contributed by atoms with E-state index in [0.29, 0.717) is 48.6 Å². The minimum Gasteiger partial charge on any atom is -0.493 e. The fourth-order valence-corrected chi connectivity index (χ4v) is 10.7. The predicted octanol–water partition coefficient (Wildman–Crippen LogP) is 7.40. The van der Waals surface area contributed by atoms with Gasteiger partial charge in [0.1, 0.15) is 54.2 Å². The van der Waals surface area contributed by atoms with Gasteiger partial charge >= 0.3 is 19.5 Å². The number of aliphatic hydroxyl groups excluding tert-OH is 2. The van der Waals surface area contributed by atoms with Gasteiger partial charge in [-0.1, -0.05) is 73.7 Å². The first-order chi connectivity index (χ1) is 37.3. The van der Waals surface area contributed by atoms with Gasteiger partial charge in [-0.3, -0.25) is 13.6 Å². The average Bonchev–Trinajstić information content (AvgIpc) is 4.26. The highest BCUT2D eigenvalue weighted by Crippen LogP contribution is 2.51. The highest BCUT2D eigenvalue weighted by molar-refractivity contribution is 7.48. The highest BCUT2D eigenvalue weighted by Gasteiger charge is 2.45. The summed E-state index contributed by atoms with van der Waals surface area (Å²) in [6, 6.07) is 36.1. The van der Waals surface area contributed by atoms with Crippen molar-refractivity contribution in [2.75, 3.05) is 55.8 Å². The molecule has 77 heavy (non-hydrogen) atoms. The van der Waals surface area contributed by atoms with Gasteiger partial charge in [0.2, 0.25) is 0 Å². The standard InChI is InChI=1S/C55H61F2N8O11P/c1-3-50(39(2)76-53(68)52(67)51(66)34-75-77(70,73-32-40-10-6-4-7-11-40)74-33-41-12-8-5-9-13-41)65-54(69)64(38-60-65)46-17-15-44(16-18-46)61-24-26-62(27-25-61)45-19-21-47(22-20-45)71-30-42-29-55(72-31-42,35-63-37-58-36-59-63)48-23-14-43(56)28-49(48)57/h4-23,28,36-39,42,50-52,66-67H,3,24-27,29-35H2,1-2H3/t39-,42+,50-,51?,52?,55-/m0/s1. The average molecular weight is 1080 g/mol. The number of esters is 1. The number of nitrogens with zero attached hydrogens (tertiary/aromatic N) is 8. The topological polar surface area (TPSA) is 207 Å². The van der Waals surface area contributed by atoms with Crippen molar-refractivity contribution in [2.45, 2.75) is 76.4 Å². The first-order valence-corrected chi connectivity index (χ1v) is 26.8. The second-order valence-corrected chi connectivity index (χ2v) is 20.7. The molecule has 406 valence electrons. The minimum absolute atomic E-state index is 0.0566.